The predicted octanol–water partition coefficient (Wildman–Crippen LogP) is 1.52. The van der Waals surface area contributed by atoms with Crippen molar-refractivity contribution in [1.29, 1.82) is 0 Å². The second kappa shape index (κ2) is 6.56. The summed E-state index contributed by atoms with van der Waals surface area (Å²) in [6.07, 6.45) is 3.06. The molecule has 1 aromatic carbocycles. The van der Waals surface area contributed by atoms with Gasteiger partial charge in [0.05, 0.1) is 18.0 Å². The molecule has 122 valence electrons. The van der Waals surface area contributed by atoms with E-state index in [1.165, 1.54) is 0 Å². The van der Waals surface area contributed by atoms with Crippen LogP contribution in [0.5, 0.6) is 5.75 Å². The molecular formula is C15H22N2O4S. The van der Waals surface area contributed by atoms with Crippen LogP contribution in [-0.2, 0) is 14.8 Å². The summed E-state index contributed by atoms with van der Waals surface area (Å²) in [5, 5.41) is 2.79. The highest BCUT2D eigenvalue weighted by Gasteiger charge is 2.26. The summed E-state index contributed by atoms with van der Waals surface area (Å²) < 4.78 is 30.5. The largest absolute Gasteiger partial charge is 0.491 e. The third-order valence-corrected chi connectivity index (χ3v) is 4.27. The van der Waals surface area contributed by atoms with Gasteiger partial charge in [0.2, 0.25) is 15.9 Å². The van der Waals surface area contributed by atoms with E-state index in [1.54, 1.807) is 24.3 Å². The van der Waals surface area contributed by atoms with Gasteiger partial charge in [0.1, 0.15) is 12.3 Å². The molecule has 1 fully saturated rings. The molecule has 0 aromatic heterocycles. The SMILES string of the molecule is CC(C)Oc1ccc(N(CC(=O)NC2CC2)S(C)(=O)=O)cc1. The van der Waals surface area contributed by atoms with Crippen LogP contribution >= 0.6 is 0 Å². The van der Waals surface area contributed by atoms with Gasteiger partial charge in [-0.15, -0.1) is 0 Å². The Morgan fingerprint density at radius 2 is 1.91 bits per heavy atom. The lowest BCUT2D eigenvalue weighted by Gasteiger charge is -2.22. The zero-order valence-electron chi connectivity index (χ0n) is 13.1. The molecule has 7 heteroatoms. The molecule has 0 radical (unpaired) electrons. The van der Waals surface area contributed by atoms with Crippen molar-refractivity contribution in [2.75, 3.05) is 17.1 Å². The van der Waals surface area contributed by atoms with Crippen molar-refractivity contribution in [3.63, 3.8) is 0 Å². The van der Waals surface area contributed by atoms with E-state index in [2.05, 4.69) is 5.32 Å². The molecule has 1 N–H and O–H groups in total. The van der Waals surface area contributed by atoms with Crippen LogP contribution in [0.2, 0.25) is 0 Å². The quantitative estimate of drug-likeness (QED) is 0.824. The number of nitrogens with one attached hydrogen (secondary N) is 1. The summed E-state index contributed by atoms with van der Waals surface area (Å²) >= 11 is 0. The Hall–Kier alpha value is -1.76. The second-order valence-electron chi connectivity index (χ2n) is 5.77. The van der Waals surface area contributed by atoms with Gasteiger partial charge < -0.3 is 10.1 Å². The number of sulfonamides is 1. The zero-order chi connectivity index (χ0) is 16.3. The summed E-state index contributed by atoms with van der Waals surface area (Å²) in [5.74, 6) is 0.380. The average Bonchev–Trinajstić information content (AvgIpc) is 3.19. The van der Waals surface area contributed by atoms with Crippen LogP contribution in [-0.4, -0.2) is 39.3 Å². The van der Waals surface area contributed by atoms with Crippen LogP contribution in [0.25, 0.3) is 0 Å². The predicted molar refractivity (Wildman–Crippen MR) is 85.6 cm³/mol. The number of carbonyl (C=O) groups is 1. The molecule has 0 aliphatic heterocycles. The Balaban J connectivity index is 2.12. The summed E-state index contributed by atoms with van der Waals surface area (Å²) in [5.41, 5.74) is 0.449. The summed E-state index contributed by atoms with van der Waals surface area (Å²) in [7, 11) is -3.53. The Morgan fingerprint density at radius 3 is 2.36 bits per heavy atom. The first-order chi connectivity index (χ1) is 10.3. The van der Waals surface area contributed by atoms with Gasteiger partial charge in [0, 0.05) is 6.04 Å². The standard InChI is InChI=1S/C15H22N2O4S/c1-11(2)21-14-8-6-13(7-9-14)17(22(3,19)20)10-15(18)16-12-4-5-12/h6-9,11-12H,4-5,10H2,1-3H3,(H,16,18). The van der Waals surface area contributed by atoms with Gasteiger partial charge in [-0.3, -0.25) is 9.10 Å². The van der Waals surface area contributed by atoms with E-state index in [1.807, 2.05) is 13.8 Å². The van der Waals surface area contributed by atoms with E-state index in [0.29, 0.717) is 11.4 Å². The van der Waals surface area contributed by atoms with E-state index in [4.69, 9.17) is 4.74 Å². The average molecular weight is 326 g/mol. The van der Waals surface area contributed by atoms with Crippen LogP contribution in [0.4, 0.5) is 5.69 Å². The maximum atomic E-state index is 11.9. The number of rotatable bonds is 7. The van der Waals surface area contributed by atoms with Gasteiger partial charge >= 0.3 is 0 Å². The van der Waals surface area contributed by atoms with E-state index < -0.39 is 10.0 Å². The van der Waals surface area contributed by atoms with Gasteiger partial charge in [-0.25, -0.2) is 8.42 Å². The minimum absolute atomic E-state index is 0.0428. The van der Waals surface area contributed by atoms with Crippen molar-refractivity contribution < 1.29 is 17.9 Å². The minimum atomic E-state index is -3.53. The van der Waals surface area contributed by atoms with Crippen LogP contribution < -0.4 is 14.4 Å². The normalized spacial score (nSPS) is 14.7. The van der Waals surface area contributed by atoms with E-state index >= 15 is 0 Å². The Morgan fingerprint density at radius 1 is 1.32 bits per heavy atom. The number of hydrogen-bond donors (Lipinski definition) is 1. The fraction of sp³-hybridized carbons (Fsp3) is 0.533. The van der Waals surface area contributed by atoms with Crippen molar-refractivity contribution in [3.8, 4) is 5.75 Å². The van der Waals surface area contributed by atoms with Crippen LogP contribution in [0.3, 0.4) is 0 Å². The highest BCUT2D eigenvalue weighted by atomic mass is 32.2. The summed E-state index contributed by atoms with van der Waals surface area (Å²) in [6.45, 7) is 3.62. The molecule has 0 saturated heterocycles. The zero-order valence-corrected chi connectivity index (χ0v) is 13.9. The first kappa shape index (κ1) is 16.6. The lowest BCUT2D eigenvalue weighted by molar-refractivity contribution is -0.119. The van der Waals surface area contributed by atoms with E-state index in [0.717, 1.165) is 23.4 Å². The van der Waals surface area contributed by atoms with E-state index in [9.17, 15) is 13.2 Å². The molecule has 0 atom stereocenters. The molecule has 1 saturated carbocycles. The van der Waals surface area contributed by atoms with Crippen LogP contribution in [0.1, 0.15) is 26.7 Å². The van der Waals surface area contributed by atoms with Crippen molar-refractivity contribution in [2.45, 2.75) is 38.8 Å². The molecule has 2 rings (SSSR count). The monoisotopic (exact) mass is 326 g/mol. The van der Waals surface area contributed by atoms with Crippen molar-refractivity contribution in [3.05, 3.63) is 24.3 Å². The highest BCUT2D eigenvalue weighted by Crippen LogP contribution is 2.23. The Kier molecular flexibility index (Phi) is 4.95. The number of nitrogens with zero attached hydrogens (tertiary/aromatic N) is 1. The first-order valence-corrected chi connectivity index (χ1v) is 9.14. The Labute approximate surface area is 131 Å². The Bertz CT molecular complexity index is 621. The molecule has 1 amide bonds. The molecule has 1 aliphatic carbocycles. The maximum absolute atomic E-state index is 11.9. The van der Waals surface area contributed by atoms with Crippen LogP contribution in [0.15, 0.2) is 24.3 Å². The third-order valence-electron chi connectivity index (χ3n) is 3.13. The fourth-order valence-corrected chi connectivity index (χ4v) is 2.85. The van der Waals surface area contributed by atoms with Gasteiger partial charge in [0.25, 0.3) is 0 Å². The number of anilines is 1. The van der Waals surface area contributed by atoms with Crippen LogP contribution in [0, 0.1) is 0 Å². The van der Waals surface area contributed by atoms with Crippen molar-refractivity contribution >= 4 is 21.6 Å². The first-order valence-electron chi connectivity index (χ1n) is 7.29. The number of carbonyl (C=O) groups excluding carboxylic acids is 1. The maximum Gasteiger partial charge on any atom is 0.240 e. The smallest absolute Gasteiger partial charge is 0.240 e. The minimum Gasteiger partial charge on any atom is -0.491 e. The molecule has 0 spiro atoms. The lowest BCUT2D eigenvalue weighted by Crippen LogP contribution is -2.41. The number of amides is 1. The molecular weight excluding hydrogens is 304 g/mol. The van der Waals surface area contributed by atoms with Crippen molar-refractivity contribution in [2.24, 2.45) is 0 Å². The lowest BCUT2D eigenvalue weighted by atomic mass is 10.3. The van der Waals surface area contributed by atoms with Gasteiger partial charge in [-0.05, 0) is 51.0 Å². The molecule has 22 heavy (non-hydrogen) atoms. The van der Waals surface area contributed by atoms with Gasteiger partial charge in [-0.2, -0.15) is 0 Å². The highest BCUT2D eigenvalue weighted by molar-refractivity contribution is 7.92. The molecule has 1 aromatic rings. The number of hydrogen-bond acceptors (Lipinski definition) is 4. The fourth-order valence-electron chi connectivity index (χ4n) is 1.99. The molecule has 0 unspecified atom stereocenters. The van der Waals surface area contributed by atoms with Gasteiger partial charge in [-0.1, -0.05) is 0 Å². The number of benzene rings is 1. The van der Waals surface area contributed by atoms with Gasteiger partial charge in [0.15, 0.2) is 0 Å². The summed E-state index contributed by atoms with van der Waals surface area (Å²) in [6, 6.07) is 6.89. The molecule has 0 bridgehead atoms. The van der Waals surface area contributed by atoms with Crippen molar-refractivity contribution in [1.82, 2.24) is 5.32 Å². The third kappa shape index (κ3) is 4.91. The van der Waals surface area contributed by atoms with E-state index in [-0.39, 0.29) is 24.6 Å². The topological polar surface area (TPSA) is 75.7 Å². The second-order valence-corrected chi connectivity index (χ2v) is 7.68. The number of ether oxygens (including phenoxy) is 1. The molecule has 1 aliphatic rings. The molecule has 6 nitrogen and oxygen atoms in total. The summed E-state index contributed by atoms with van der Waals surface area (Å²) in [4.78, 5) is 11.9. The molecule has 0 heterocycles.